The summed E-state index contributed by atoms with van der Waals surface area (Å²) >= 11 is 0. The van der Waals surface area contributed by atoms with Crippen LogP contribution in [0.25, 0.3) is 0 Å². The van der Waals surface area contributed by atoms with E-state index >= 15 is 0 Å². The molecule has 1 aliphatic heterocycles. The molecule has 2 rings (SSSR count). The molecule has 0 radical (unpaired) electrons. The first kappa shape index (κ1) is 19.2. The number of aliphatic hydroxyl groups excluding tert-OH is 1. The molecule has 0 saturated carbocycles. The van der Waals surface area contributed by atoms with Gasteiger partial charge >= 0.3 is 6.09 Å². The number of hydrogen-bond acceptors (Lipinski definition) is 6. The zero-order chi connectivity index (χ0) is 18.3. The van der Waals surface area contributed by atoms with Gasteiger partial charge in [0.2, 0.25) is 10.0 Å². The molecule has 10 heteroatoms. The highest BCUT2D eigenvalue weighted by molar-refractivity contribution is 7.89. The van der Waals surface area contributed by atoms with Gasteiger partial charge in [0, 0.05) is 31.7 Å². The molecule has 1 heterocycles. The van der Waals surface area contributed by atoms with Crippen molar-refractivity contribution in [2.75, 3.05) is 39.4 Å². The first-order chi connectivity index (χ1) is 11.9. The third-order valence-corrected chi connectivity index (χ3v) is 5.03. The molecule has 1 saturated heterocycles. The van der Waals surface area contributed by atoms with Crippen LogP contribution in [0.2, 0.25) is 0 Å². The molecule has 138 valence electrons. The Morgan fingerprint density at radius 1 is 1.24 bits per heavy atom. The summed E-state index contributed by atoms with van der Waals surface area (Å²) in [6, 6.07) is 5.43. The van der Waals surface area contributed by atoms with Gasteiger partial charge in [0.25, 0.3) is 5.91 Å². The Balaban J connectivity index is 1.86. The van der Waals surface area contributed by atoms with E-state index in [1.54, 1.807) is 0 Å². The lowest BCUT2D eigenvalue weighted by Crippen LogP contribution is -2.42. The molecule has 1 aliphatic rings. The van der Waals surface area contributed by atoms with E-state index in [2.05, 4.69) is 10.0 Å². The summed E-state index contributed by atoms with van der Waals surface area (Å²) in [5.41, 5.74) is 0.308. The Bertz CT molecular complexity index is 704. The molecule has 2 amide bonds. The predicted octanol–water partition coefficient (Wildman–Crippen LogP) is -0.471. The maximum absolute atomic E-state index is 12.1. The Morgan fingerprint density at radius 2 is 1.96 bits per heavy atom. The normalized spacial score (nSPS) is 14.9. The van der Waals surface area contributed by atoms with Crippen molar-refractivity contribution in [3.8, 4) is 0 Å². The van der Waals surface area contributed by atoms with Gasteiger partial charge in [0.15, 0.2) is 0 Å². The Morgan fingerprint density at radius 3 is 2.60 bits per heavy atom. The minimum Gasteiger partial charge on any atom is -0.449 e. The molecule has 25 heavy (non-hydrogen) atoms. The number of sulfonamides is 1. The van der Waals surface area contributed by atoms with Crippen molar-refractivity contribution in [2.45, 2.75) is 11.3 Å². The van der Waals surface area contributed by atoms with Crippen LogP contribution in [-0.4, -0.2) is 69.8 Å². The van der Waals surface area contributed by atoms with Crippen molar-refractivity contribution in [3.63, 3.8) is 0 Å². The number of cyclic esters (lactones) is 1. The van der Waals surface area contributed by atoms with Gasteiger partial charge in [-0.3, -0.25) is 4.79 Å². The molecule has 1 aromatic rings. The van der Waals surface area contributed by atoms with Crippen LogP contribution in [-0.2, 0) is 14.8 Å². The fourth-order valence-corrected chi connectivity index (χ4v) is 3.28. The van der Waals surface area contributed by atoms with Gasteiger partial charge < -0.3 is 20.1 Å². The van der Waals surface area contributed by atoms with Crippen LogP contribution in [0.1, 0.15) is 16.8 Å². The molecule has 0 unspecified atom stereocenters. The topological polar surface area (TPSA) is 125 Å². The van der Waals surface area contributed by atoms with E-state index in [9.17, 15) is 18.0 Å². The van der Waals surface area contributed by atoms with Crippen molar-refractivity contribution < 1.29 is 27.9 Å². The number of amides is 2. The third kappa shape index (κ3) is 5.41. The van der Waals surface area contributed by atoms with E-state index in [0.29, 0.717) is 25.3 Å². The van der Waals surface area contributed by atoms with Crippen molar-refractivity contribution in [1.82, 2.24) is 14.9 Å². The summed E-state index contributed by atoms with van der Waals surface area (Å²) in [6.07, 6.45) is 0.380. The zero-order valence-corrected chi connectivity index (χ0v) is 14.4. The highest BCUT2D eigenvalue weighted by atomic mass is 32.2. The minimum atomic E-state index is -3.70. The highest BCUT2D eigenvalue weighted by Crippen LogP contribution is 2.10. The third-order valence-electron chi connectivity index (χ3n) is 3.55. The first-order valence-corrected chi connectivity index (χ1v) is 9.33. The van der Waals surface area contributed by atoms with Crippen molar-refractivity contribution >= 4 is 22.0 Å². The van der Waals surface area contributed by atoms with Gasteiger partial charge in [-0.2, -0.15) is 0 Å². The second-order valence-electron chi connectivity index (χ2n) is 5.36. The number of carbonyl (C=O) groups excluding carboxylic acids is 2. The summed E-state index contributed by atoms with van der Waals surface area (Å²) in [6.45, 7) is 1.26. The van der Waals surface area contributed by atoms with E-state index in [1.807, 2.05) is 0 Å². The van der Waals surface area contributed by atoms with Crippen LogP contribution < -0.4 is 10.0 Å². The maximum Gasteiger partial charge on any atom is 0.409 e. The van der Waals surface area contributed by atoms with Gasteiger partial charge in [-0.05, 0) is 30.7 Å². The molecule has 1 aromatic carbocycles. The van der Waals surface area contributed by atoms with E-state index < -0.39 is 10.0 Å². The fourth-order valence-electron chi connectivity index (χ4n) is 2.26. The summed E-state index contributed by atoms with van der Waals surface area (Å²) < 4.78 is 30.9. The van der Waals surface area contributed by atoms with Crippen LogP contribution in [0.3, 0.4) is 0 Å². The predicted molar refractivity (Wildman–Crippen MR) is 88.6 cm³/mol. The number of rotatable bonds is 8. The molecular formula is C15H21N3O6S. The molecule has 3 N–H and O–H groups in total. The molecule has 9 nitrogen and oxygen atoms in total. The number of nitrogens with one attached hydrogen (secondary N) is 2. The average Bonchev–Trinajstić information content (AvgIpc) is 2.61. The molecule has 0 bridgehead atoms. The number of aliphatic hydroxyl groups is 1. The quantitative estimate of drug-likeness (QED) is 0.567. The maximum atomic E-state index is 12.1. The number of benzene rings is 1. The Hall–Kier alpha value is -2.17. The summed E-state index contributed by atoms with van der Waals surface area (Å²) in [5, 5.41) is 11.3. The number of hydrogen-bond donors (Lipinski definition) is 3. The lowest BCUT2D eigenvalue weighted by Gasteiger charge is -2.26. The zero-order valence-electron chi connectivity index (χ0n) is 13.6. The fraction of sp³-hybridized carbons (Fsp3) is 0.467. The van der Waals surface area contributed by atoms with Crippen LogP contribution in [0.4, 0.5) is 4.79 Å². The monoisotopic (exact) mass is 371 g/mol. The van der Waals surface area contributed by atoms with Gasteiger partial charge in [-0.25, -0.2) is 17.9 Å². The highest BCUT2D eigenvalue weighted by Gasteiger charge is 2.19. The molecule has 0 aliphatic carbocycles. The molecule has 0 aromatic heterocycles. The number of nitrogens with zero attached hydrogens (tertiary/aromatic N) is 1. The van der Waals surface area contributed by atoms with E-state index in [4.69, 9.17) is 9.84 Å². The molecule has 0 spiro atoms. The lowest BCUT2D eigenvalue weighted by atomic mass is 10.2. The number of carbonyl (C=O) groups is 2. The van der Waals surface area contributed by atoms with Gasteiger partial charge in [0.1, 0.15) is 0 Å². The molecule has 1 fully saturated rings. The van der Waals surface area contributed by atoms with Crippen LogP contribution >= 0.6 is 0 Å². The van der Waals surface area contributed by atoms with Gasteiger partial charge in [-0.15, -0.1) is 0 Å². The summed E-state index contributed by atoms with van der Waals surface area (Å²) in [7, 11) is -3.70. The first-order valence-electron chi connectivity index (χ1n) is 7.84. The minimum absolute atomic E-state index is 0.00793. The van der Waals surface area contributed by atoms with Gasteiger partial charge in [-0.1, -0.05) is 0 Å². The van der Waals surface area contributed by atoms with Crippen LogP contribution in [0, 0.1) is 0 Å². The van der Waals surface area contributed by atoms with Crippen molar-refractivity contribution in [3.05, 3.63) is 29.8 Å². The van der Waals surface area contributed by atoms with Crippen molar-refractivity contribution in [2.24, 2.45) is 0 Å². The standard InChI is InChI=1S/C15H21N3O6S/c19-10-7-17-25(22,23)13-4-2-12(3-5-13)14(20)16-6-9-18-8-1-11-24-15(18)21/h2-5,17,19H,1,6-11H2,(H,16,20). The Labute approximate surface area is 146 Å². The van der Waals surface area contributed by atoms with E-state index in [0.717, 1.165) is 6.42 Å². The van der Waals surface area contributed by atoms with Gasteiger partial charge in [0.05, 0.1) is 18.1 Å². The largest absolute Gasteiger partial charge is 0.449 e. The van der Waals surface area contributed by atoms with Crippen molar-refractivity contribution in [1.29, 1.82) is 0 Å². The molecule has 0 atom stereocenters. The summed E-state index contributed by atoms with van der Waals surface area (Å²) in [4.78, 5) is 25.0. The average molecular weight is 371 g/mol. The van der Waals surface area contributed by atoms with E-state index in [1.165, 1.54) is 29.2 Å². The second-order valence-corrected chi connectivity index (χ2v) is 7.12. The molecular weight excluding hydrogens is 350 g/mol. The summed E-state index contributed by atoms with van der Waals surface area (Å²) in [5.74, 6) is -0.363. The lowest BCUT2D eigenvalue weighted by molar-refractivity contribution is 0.0719. The smallest absolute Gasteiger partial charge is 0.409 e. The Kier molecular flexibility index (Phi) is 6.73. The van der Waals surface area contributed by atoms with E-state index in [-0.39, 0.29) is 36.6 Å². The second kappa shape index (κ2) is 8.79. The van der Waals surface area contributed by atoms with Crippen LogP contribution in [0.5, 0.6) is 0 Å². The number of ether oxygens (including phenoxy) is 1. The van der Waals surface area contributed by atoms with Crippen LogP contribution in [0.15, 0.2) is 29.2 Å². The SMILES string of the molecule is O=C(NCCN1CCCOC1=O)c1ccc(S(=O)(=O)NCCO)cc1.